The Morgan fingerprint density at radius 3 is 2.56 bits per heavy atom. The molecule has 0 aromatic rings. The fourth-order valence-electron chi connectivity index (χ4n) is 2.44. The predicted octanol–water partition coefficient (Wildman–Crippen LogP) is 1.18. The number of allylic oxidation sites excluding steroid dienone is 1. The van der Waals surface area contributed by atoms with Crippen LogP contribution >= 0.6 is 0 Å². The lowest BCUT2D eigenvalue weighted by molar-refractivity contribution is 0.199. The van der Waals surface area contributed by atoms with Crippen LogP contribution in [0.25, 0.3) is 0 Å². The summed E-state index contributed by atoms with van der Waals surface area (Å²) in [5.41, 5.74) is 1.39. The van der Waals surface area contributed by atoms with Gasteiger partial charge in [-0.2, -0.15) is 0 Å². The Morgan fingerprint density at radius 1 is 1.31 bits per heavy atom. The van der Waals surface area contributed by atoms with Gasteiger partial charge in [-0.3, -0.25) is 0 Å². The van der Waals surface area contributed by atoms with Gasteiger partial charge in [-0.1, -0.05) is 11.6 Å². The summed E-state index contributed by atoms with van der Waals surface area (Å²) in [6, 6.07) is 1.03. The van der Waals surface area contributed by atoms with Crippen LogP contribution in [0.1, 0.15) is 20.3 Å². The van der Waals surface area contributed by atoms with Crippen LogP contribution in [0.4, 0.5) is 0 Å². The van der Waals surface area contributed by atoms with E-state index in [1.165, 1.54) is 25.1 Å². The first-order valence-electron chi connectivity index (χ1n) is 6.25. The molecule has 0 bridgehead atoms. The minimum Gasteiger partial charge on any atom is -0.312 e. The molecule has 2 unspecified atom stereocenters. The third-order valence-corrected chi connectivity index (χ3v) is 3.38. The van der Waals surface area contributed by atoms with Gasteiger partial charge in [0.15, 0.2) is 0 Å². The third-order valence-electron chi connectivity index (χ3n) is 3.38. The number of hydrogen-bond donors (Lipinski definition) is 1. The molecule has 0 aliphatic carbocycles. The summed E-state index contributed by atoms with van der Waals surface area (Å²) in [5.74, 6) is 0. The van der Waals surface area contributed by atoms with Crippen LogP contribution in [0.15, 0.2) is 11.6 Å². The summed E-state index contributed by atoms with van der Waals surface area (Å²) in [6.45, 7) is 7.90. The molecule has 94 valence electrons. The van der Waals surface area contributed by atoms with E-state index in [1.807, 2.05) is 0 Å². The maximum Gasteiger partial charge on any atom is 0.0420 e. The van der Waals surface area contributed by atoms with Crippen LogP contribution in [-0.4, -0.2) is 62.7 Å². The third kappa shape index (κ3) is 3.89. The van der Waals surface area contributed by atoms with Crippen LogP contribution in [0.2, 0.25) is 0 Å². The largest absolute Gasteiger partial charge is 0.312 e. The van der Waals surface area contributed by atoms with E-state index in [-0.39, 0.29) is 0 Å². The van der Waals surface area contributed by atoms with E-state index in [4.69, 9.17) is 0 Å². The van der Waals surface area contributed by atoms with Crippen LogP contribution in [0.3, 0.4) is 0 Å². The molecule has 1 saturated heterocycles. The predicted molar refractivity (Wildman–Crippen MR) is 70.8 cm³/mol. The highest BCUT2D eigenvalue weighted by Crippen LogP contribution is 2.12. The van der Waals surface area contributed by atoms with E-state index in [0.29, 0.717) is 12.1 Å². The molecular weight excluding hydrogens is 198 g/mol. The SMILES string of the molecule is CNC(C=C(C)C)C1CN(C)CCCN1C. The van der Waals surface area contributed by atoms with E-state index in [9.17, 15) is 0 Å². The molecule has 0 aromatic heterocycles. The van der Waals surface area contributed by atoms with Gasteiger partial charge in [0.05, 0.1) is 0 Å². The number of nitrogens with zero attached hydrogens (tertiary/aromatic N) is 2. The van der Waals surface area contributed by atoms with E-state index in [2.05, 4.69) is 56.2 Å². The standard InChI is InChI=1S/C13H27N3/c1-11(2)9-12(14-3)13-10-15(4)7-6-8-16(13)5/h9,12-14H,6-8,10H2,1-5H3. The first kappa shape index (κ1) is 13.7. The number of likely N-dealkylation sites (N-methyl/N-ethyl adjacent to an activating group) is 3. The Hall–Kier alpha value is -0.380. The number of hydrogen-bond acceptors (Lipinski definition) is 3. The smallest absolute Gasteiger partial charge is 0.0420 e. The number of nitrogens with one attached hydrogen (secondary N) is 1. The van der Waals surface area contributed by atoms with Gasteiger partial charge in [0, 0.05) is 18.6 Å². The van der Waals surface area contributed by atoms with Gasteiger partial charge in [0.1, 0.15) is 0 Å². The van der Waals surface area contributed by atoms with Gasteiger partial charge >= 0.3 is 0 Å². The highest BCUT2D eigenvalue weighted by molar-refractivity contribution is 5.06. The molecule has 1 heterocycles. The zero-order valence-electron chi connectivity index (χ0n) is 11.5. The normalized spacial score (nSPS) is 26.2. The monoisotopic (exact) mass is 225 g/mol. The second-order valence-corrected chi connectivity index (χ2v) is 5.22. The fraction of sp³-hybridized carbons (Fsp3) is 0.846. The molecule has 1 aliphatic rings. The first-order chi connectivity index (χ1) is 7.54. The zero-order valence-corrected chi connectivity index (χ0v) is 11.5. The van der Waals surface area contributed by atoms with Gasteiger partial charge in [0.25, 0.3) is 0 Å². The summed E-state index contributed by atoms with van der Waals surface area (Å²) < 4.78 is 0. The van der Waals surface area contributed by atoms with Crippen molar-refractivity contribution in [3.8, 4) is 0 Å². The van der Waals surface area contributed by atoms with Gasteiger partial charge in [0.2, 0.25) is 0 Å². The van der Waals surface area contributed by atoms with Crippen molar-refractivity contribution in [2.75, 3.05) is 40.8 Å². The van der Waals surface area contributed by atoms with E-state index in [1.54, 1.807) is 0 Å². The van der Waals surface area contributed by atoms with Crippen LogP contribution in [0, 0.1) is 0 Å². The molecule has 0 aromatic carbocycles. The van der Waals surface area contributed by atoms with Gasteiger partial charge in [-0.25, -0.2) is 0 Å². The molecule has 2 atom stereocenters. The maximum atomic E-state index is 3.44. The van der Waals surface area contributed by atoms with Crippen LogP contribution in [-0.2, 0) is 0 Å². The maximum absolute atomic E-state index is 3.44. The second-order valence-electron chi connectivity index (χ2n) is 5.22. The highest BCUT2D eigenvalue weighted by atomic mass is 15.2. The minimum atomic E-state index is 0.454. The number of rotatable bonds is 3. The summed E-state index contributed by atoms with van der Waals surface area (Å²) >= 11 is 0. The molecule has 0 radical (unpaired) electrons. The molecule has 3 nitrogen and oxygen atoms in total. The molecule has 1 aliphatic heterocycles. The highest BCUT2D eigenvalue weighted by Gasteiger charge is 2.25. The Bertz CT molecular complexity index is 233. The van der Waals surface area contributed by atoms with Gasteiger partial charge in [-0.05, 0) is 54.5 Å². The summed E-state index contributed by atoms with van der Waals surface area (Å²) in [6.07, 6.45) is 3.62. The fourth-order valence-corrected chi connectivity index (χ4v) is 2.44. The van der Waals surface area contributed by atoms with Crippen molar-refractivity contribution in [1.82, 2.24) is 15.1 Å². The molecule has 0 spiro atoms. The summed E-state index contributed by atoms with van der Waals surface area (Å²) in [4.78, 5) is 4.93. The summed E-state index contributed by atoms with van der Waals surface area (Å²) in [5, 5.41) is 3.44. The van der Waals surface area contributed by atoms with Gasteiger partial charge < -0.3 is 15.1 Å². The molecule has 1 fully saturated rings. The van der Waals surface area contributed by atoms with Crippen LogP contribution in [0.5, 0.6) is 0 Å². The molecule has 1 N–H and O–H groups in total. The average Bonchev–Trinajstić information content (AvgIpc) is 2.37. The van der Waals surface area contributed by atoms with Crippen molar-refractivity contribution in [3.05, 3.63) is 11.6 Å². The topological polar surface area (TPSA) is 18.5 Å². The molecule has 0 saturated carbocycles. The van der Waals surface area contributed by atoms with Gasteiger partial charge in [-0.15, -0.1) is 0 Å². The van der Waals surface area contributed by atoms with Crippen molar-refractivity contribution in [3.63, 3.8) is 0 Å². The molecule has 3 heteroatoms. The van der Waals surface area contributed by atoms with E-state index in [0.717, 1.165) is 6.54 Å². The molecule has 0 amide bonds. The Balaban J connectivity index is 2.75. The zero-order chi connectivity index (χ0) is 12.1. The first-order valence-corrected chi connectivity index (χ1v) is 6.25. The van der Waals surface area contributed by atoms with Crippen molar-refractivity contribution < 1.29 is 0 Å². The molecule has 16 heavy (non-hydrogen) atoms. The van der Waals surface area contributed by atoms with E-state index >= 15 is 0 Å². The van der Waals surface area contributed by atoms with Crippen molar-refractivity contribution in [2.24, 2.45) is 0 Å². The van der Waals surface area contributed by atoms with Crippen molar-refractivity contribution in [1.29, 1.82) is 0 Å². The Labute approximate surface area is 100 Å². The van der Waals surface area contributed by atoms with E-state index < -0.39 is 0 Å². The molecular formula is C13H27N3. The van der Waals surface area contributed by atoms with Crippen LogP contribution < -0.4 is 5.32 Å². The molecule has 1 rings (SSSR count). The lowest BCUT2D eigenvalue weighted by atomic mass is 10.0. The quantitative estimate of drug-likeness (QED) is 0.728. The Kier molecular flexibility index (Phi) is 5.46. The average molecular weight is 225 g/mol. The minimum absolute atomic E-state index is 0.454. The second kappa shape index (κ2) is 6.38. The van der Waals surface area contributed by atoms with Crippen molar-refractivity contribution >= 4 is 0 Å². The summed E-state index contributed by atoms with van der Waals surface area (Å²) in [7, 11) is 6.53. The lowest BCUT2D eigenvalue weighted by Gasteiger charge is -2.33. The van der Waals surface area contributed by atoms with Crippen molar-refractivity contribution in [2.45, 2.75) is 32.4 Å². The lowest BCUT2D eigenvalue weighted by Crippen LogP contribution is -2.50. The Morgan fingerprint density at radius 2 is 2.00 bits per heavy atom.